The van der Waals surface area contributed by atoms with Crippen LogP contribution in [0.1, 0.15) is 38.3 Å². The molecule has 0 bridgehead atoms. The first-order valence-corrected chi connectivity index (χ1v) is 5.74. The summed E-state index contributed by atoms with van der Waals surface area (Å²) in [4.78, 5) is 11.4. The van der Waals surface area contributed by atoms with Gasteiger partial charge < -0.3 is 10.6 Å². The Morgan fingerprint density at radius 2 is 2.19 bits per heavy atom. The summed E-state index contributed by atoms with van der Waals surface area (Å²) in [6.45, 7) is 4.09. The molecule has 0 heterocycles. The lowest BCUT2D eigenvalue weighted by molar-refractivity contribution is -0.116. The van der Waals surface area contributed by atoms with Crippen LogP contribution in [0.25, 0.3) is 0 Å². The van der Waals surface area contributed by atoms with Gasteiger partial charge in [0, 0.05) is 18.2 Å². The zero-order chi connectivity index (χ0) is 12.0. The first-order valence-electron chi connectivity index (χ1n) is 5.74. The molecule has 0 aromatic heterocycles. The fourth-order valence-corrected chi connectivity index (χ4v) is 1.50. The Balaban J connectivity index is 2.71. The van der Waals surface area contributed by atoms with Crippen molar-refractivity contribution in [1.29, 1.82) is 0 Å². The number of amides is 1. The third-order valence-corrected chi connectivity index (χ3v) is 2.58. The highest BCUT2D eigenvalue weighted by molar-refractivity contribution is 5.90. The zero-order valence-electron chi connectivity index (χ0n) is 10.2. The SMILES string of the molecule is CCCC(=O)Nc1cccc(C(C)NC)c1. The van der Waals surface area contributed by atoms with E-state index in [1.54, 1.807) is 0 Å². The van der Waals surface area contributed by atoms with Gasteiger partial charge in [0.05, 0.1) is 0 Å². The van der Waals surface area contributed by atoms with Crippen LogP contribution in [0.2, 0.25) is 0 Å². The van der Waals surface area contributed by atoms with E-state index in [-0.39, 0.29) is 5.91 Å². The molecule has 3 heteroatoms. The second kappa shape index (κ2) is 6.28. The Morgan fingerprint density at radius 1 is 1.44 bits per heavy atom. The van der Waals surface area contributed by atoms with E-state index in [0.717, 1.165) is 12.1 Å². The fourth-order valence-electron chi connectivity index (χ4n) is 1.50. The normalized spacial score (nSPS) is 12.2. The molecule has 0 saturated heterocycles. The molecule has 88 valence electrons. The average Bonchev–Trinajstić information content (AvgIpc) is 2.28. The van der Waals surface area contributed by atoms with Gasteiger partial charge in [-0.1, -0.05) is 19.1 Å². The summed E-state index contributed by atoms with van der Waals surface area (Å²) in [6, 6.07) is 8.23. The zero-order valence-corrected chi connectivity index (χ0v) is 10.2. The number of benzene rings is 1. The van der Waals surface area contributed by atoms with Crippen molar-refractivity contribution in [3.8, 4) is 0 Å². The van der Waals surface area contributed by atoms with Gasteiger partial charge in [-0.15, -0.1) is 0 Å². The van der Waals surface area contributed by atoms with Crippen LogP contribution in [0.3, 0.4) is 0 Å². The minimum atomic E-state index is 0.0803. The maximum absolute atomic E-state index is 11.4. The van der Waals surface area contributed by atoms with Crippen molar-refractivity contribution in [3.05, 3.63) is 29.8 Å². The second-order valence-corrected chi connectivity index (χ2v) is 3.93. The molecule has 3 nitrogen and oxygen atoms in total. The number of anilines is 1. The number of carbonyl (C=O) groups excluding carboxylic acids is 1. The maximum Gasteiger partial charge on any atom is 0.224 e. The predicted octanol–water partition coefficient (Wildman–Crippen LogP) is 2.71. The summed E-state index contributed by atoms with van der Waals surface area (Å²) in [5.74, 6) is 0.0803. The molecular weight excluding hydrogens is 200 g/mol. The van der Waals surface area contributed by atoms with E-state index in [9.17, 15) is 4.79 Å². The number of hydrogen-bond acceptors (Lipinski definition) is 2. The molecule has 1 rings (SSSR count). The van der Waals surface area contributed by atoms with Gasteiger partial charge in [-0.05, 0) is 38.1 Å². The topological polar surface area (TPSA) is 41.1 Å². The molecule has 1 aromatic rings. The molecule has 1 amide bonds. The van der Waals surface area contributed by atoms with Crippen LogP contribution in [-0.2, 0) is 4.79 Å². The van der Waals surface area contributed by atoms with Crippen LogP contribution in [0, 0.1) is 0 Å². The number of rotatable bonds is 5. The van der Waals surface area contributed by atoms with Crippen LogP contribution in [0.4, 0.5) is 5.69 Å². The van der Waals surface area contributed by atoms with Crippen LogP contribution < -0.4 is 10.6 Å². The molecule has 0 radical (unpaired) electrons. The number of nitrogens with one attached hydrogen (secondary N) is 2. The molecule has 2 N–H and O–H groups in total. The highest BCUT2D eigenvalue weighted by Crippen LogP contribution is 2.17. The Kier molecular flexibility index (Phi) is 4.99. The summed E-state index contributed by atoms with van der Waals surface area (Å²) in [5, 5.41) is 6.07. The van der Waals surface area contributed by atoms with Crippen molar-refractivity contribution in [2.75, 3.05) is 12.4 Å². The van der Waals surface area contributed by atoms with Gasteiger partial charge in [0.1, 0.15) is 0 Å². The first kappa shape index (κ1) is 12.7. The van der Waals surface area contributed by atoms with E-state index < -0.39 is 0 Å². The maximum atomic E-state index is 11.4. The van der Waals surface area contributed by atoms with Crippen molar-refractivity contribution in [3.63, 3.8) is 0 Å². The van der Waals surface area contributed by atoms with E-state index in [4.69, 9.17) is 0 Å². The monoisotopic (exact) mass is 220 g/mol. The summed E-state index contributed by atoms with van der Waals surface area (Å²) >= 11 is 0. The Morgan fingerprint density at radius 3 is 2.81 bits per heavy atom. The Bertz CT molecular complexity index is 350. The van der Waals surface area contributed by atoms with Crippen molar-refractivity contribution >= 4 is 11.6 Å². The molecule has 0 fully saturated rings. The molecular formula is C13H20N2O. The standard InChI is InChI=1S/C13H20N2O/c1-4-6-13(16)15-12-8-5-7-11(9-12)10(2)14-3/h5,7-10,14H,4,6H2,1-3H3,(H,15,16). The van der Waals surface area contributed by atoms with E-state index in [2.05, 4.69) is 23.6 Å². The molecule has 0 aliphatic carbocycles. The van der Waals surface area contributed by atoms with E-state index >= 15 is 0 Å². The minimum Gasteiger partial charge on any atom is -0.326 e. The van der Waals surface area contributed by atoms with Crippen LogP contribution >= 0.6 is 0 Å². The Hall–Kier alpha value is -1.35. The molecule has 0 saturated carbocycles. The van der Waals surface area contributed by atoms with Gasteiger partial charge in [0.25, 0.3) is 0 Å². The molecule has 1 unspecified atom stereocenters. The minimum absolute atomic E-state index is 0.0803. The highest BCUT2D eigenvalue weighted by atomic mass is 16.1. The van der Waals surface area contributed by atoms with Gasteiger partial charge >= 0.3 is 0 Å². The summed E-state index contributed by atoms with van der Waals surface area (Å²) in [6.07, 6.45) is 1.45. The van der Waals surface area contributed by atoms with Crippen molar-refractivity contribution in [2.24, 2.45) is 0 Å². The summed E-state index contributed by atoms with van der Waals surface area (Å²) in [5.41, 5.74) is 2.05. The van der Waals surface area contributed by atoms with E-state index in [1.807, 2.05) is 32.2 Å². The van der Waals surface area contributed by atoms with Crippen LogP contribution in [-0.4, -0.2) is 13.0 Å². The van der Waals surface area contributed by atoms with Gasteiger partial charge in [-0.3, -0.25) is 4.79 Å². The van der Waals surface area contributed by atoms with Gasteiger partial charge in [-0.2, -0.15) is 0 Å². The van der Waals surface area contributed by atoms with E-state index in [1.165, 1.54) is 5.56 Å². The average molecular weight is 220 g/mol. The summed E-state index contributed by atoms with van der Waals surface area (Å²) in [7, 11) is 1.92. The highest BCUT2D eigenvalue weighted by Gasteiger charge is 2.04. The third kappa shape index (κ3) is 3.66. The number of carbonyl (C=O) groups is 1. The largest absolute Gasteiger partial charge is 0.326 e. The fraction of sp³-hybridized carbons (Fsp3) is 0.462. The quantitative estimate of drug-likeness (QED) is 0.801. The van der Waals surface area contributed by atoms with Crippen LogP contribution in [0.5, 0.6) is 0 Å². The first-order chi connectivity index (χ1) is 7.67. The molecule has 0 aliphatic rings. The van der Waals surface area contributed by atoms with Crippen molar-refractivity contribution in [2.45, 2.75) is 32.7 Å². The summed E-state index contributed by atoms with van der Waals surface area (Å²) < 4.78 is 0. The number of hydrogen-bond donors (Lipinski definition) is 2. The molecule has 1 aromatic carbocycles. The van der Waals surface area contributed by atoms with Gasteiger partial charge in [0.15, 0.2) is 0 Å². The van der Waals surface area contributed by atoms with Gasteiger partial charge in [-0.25, -0.2) is 0 Å². The van der Waals surface area contributed by atoms with Crippen LogP contribution in [0.15, 0.2) is 24.3 Å². The second-order valence-electron chi connectivity index (χ2n) is 3.93. The van der Waals surface area contributed by atoms with Gasteiger partial charge in [0.2, 0.25) is 5.91 Å². The lowest BCUT2D eigenvalue weighted by atomic mass is 10.1. The lowest BCUT2D eigenvalue weighted by Crippen LogP contribution is -2.14. The van der Waals surface area contributed by atoms with Crippen molar-refractivity contribution < 1.29 is 4.79 Å². The molecule has 0 aliphatic heterocycles. The van der Waals surface area contributed by atoms with Crippen molar-refractivity contribution in [1.82, 2.24) is 5.32 Å². The third-order valence-electron chi connectivity index (χ3n) is 2.58. The Labute approximate surface area is 97.2 Å². The van der Waals surface area contributed by atoms with E-state index in [0.29, 0.717) is 12.5 Å². The molecule has 0 spiro atoms. The molecule has 1 atom stereocenters. The smallest absolute Gasteiger partial charge is 0.224 e. The molecule has 16 heavy (non-hydrogen) atoms. The lowest BCUT2D eigenvalue weighted by Gasteiger charge is -2.12. The predicted molar refractivity (Wildman–Crippen MR) is 67.5 cm³/mol.